The van der Waals surface area contributed by atoms with Crippen molar-refractivity contribution < 1.29 is 9.59 Å². The second-order valence-electron chi connectivity index (χ2n) is 3.79. The lowest BCUT2D eigenvalue weighted by molar-refractivity contribution is -0.130. The number of piperazine rings is 1. The average Bonchev–Trinajstić information content (AvgIpc) is 2.27. The van der Waals surface area contributed by atoms with Gasteiger partial charge in [0, 0.05) is 46.7 Å². The molecule has 1 heterocycles. The van der Waals surface area contributed by atoms with E-state index in [0.717, 1.165) is 0 Å². The minimum Gasteiger partial charge on any atom is -0.339 e. The Hall–Kier alpha value is -1.26. The third kappa shape index (κ3) is 2.84. The van der Waals surface area contributed by atoms with Crippen molar-refractivity contribution >= 4 is 11.9 Å². The van der Waals surface area contributed by atoms with Crippen molar-refractivity contribution in [1.29, 1.82) is 0 Å². The Bertz CT molecular complexity index is 247. The minimum absolute atomic E-state index is 0.0562. The Kier molecular flexibility index (Phi) is 3.94. The maximum Gasteiger partial charge on any atom is 0.319 e. The molecule has 15 heavy (non-hydrogen) atoms. The van der Waals surface area contributed by atoms with Crippen LogP contribution >= 0.6 is 0 Å². The fourth-order valence-corrected chi connectivity index (χ4v) is 1.59. The minimum atomic E-state index is 0.0562. The van der Waals surface area contributed by atoms with E-state index >= 15 is 0 Å². The Labute approximate surface area is 90.6 Å². The van der Waals surface area contributed by atoms with E-state index in [1.807, 2.05) is 6.92 Å². The number of carbonyl (C=O) groups excluding carboxylic acids is 2. The number of rotatable bonds is 1. The molecule has 1 saturated heterocycles. The molecule has 0 radical (unpaired) electrons. The predicted octanol–water partition coefficient (Wildman–Crippen LogP) is 0.222. The molecule has 5 heteroatoms. The van der Waals surface area contributed by atoms with E-state index in [2.05, 4.69) is 0 Å². The van der Waals surface area contributed by atoms with Crippen LogP contribution in [-0.4, -0.2) is 66.4 Å². The topological polar surface area (TPSA) is 43.9 Å². The van der Waals surface area contributed by atoms with Crippen molar-refractivity contribution in [2.45, 2.75) is 13.8 Å². The van der Waals surface area contributed by atoms with Crippen LogP contribution in [0.1, 0.15) is 13.8 Å². The van der Waals surface area contributed by atoms with Crippen molar-refractivity contribution in [3.8, 4) is 0 Å². The van der Waals surface area contributed by atoms with E-state index in [-0.39, 0.29) is 11.9 Å². The molecule has 1 aliphatic rings. The molecular formula is C10H19N3O2. The normalized spacial score (nSPS) is 16.5. The van der Waals surface area contributed by atoms with Gasteiger partial charge in [0.25, 0.3) is 0 Å². The summed E-state index contributed by atoms with van der Waals surface area (Å²) in [6.07, 6.45) is 0. The van der Waals surface area contributed by atoms with Gasteiger partial charge in [-0.15, -0.1) is 0 Å². The summed E-state index contributed by atoms with van der Waals surface area (Å²) in [6.45, 7) is 6.81. The molecule has 0 aromatic rings. The Balaban J connectivity index is 2.43. The van der Waals surface area contributed by atoms with Gasteiger partial charge in [-0.25, -0.2) is 4.79 Å². The molecule has 0 spiro atoms. The highest BCUT2D eigenvalue weighted by molar-refractivity contribution is 5.76. The van der Waals surface area contributed by atoms with Crippen LogP contribution in [0, 0.1) is 0 Å². The number of amides is 3. The summed E-state index contributed by atoms with van der Waals surface area (Å²) in [5.41, 5.74) is 0. The Morgan fingerprint density at radius 3 is 2.00 bits per heavy atom. The number of hydrogen-bond acceptors (Lipinski definition) is 2. The summed E-state index contributed by atoms with van der Waals surface area (Å²) in [5.74, 6) is 0.0888. The van der Waals surface area contributed by atoms with Crippen LogP contribution in [-0.2, 0) is 4.79 Å². The third-order valence-corrected chi connectivity index (χ3v) is 2.80. The smallest absolute Gasteiger partial charge is 0.319 e. The maximum atomic E-state index is 11.8. The van der Waals surface area contributed by atoms with Crippen LogP contribution in [0.4, 0.5) is 4.79 Å². The second-order valence-corrected chi connectivity index (χ2v) is 3.79. The molecule has 0 atom stereocenters. The van der Waals surface area contributed by atoms with Crippen molar-refractivity contribution in [3.63, 3.8) is 0 Å². The third-order valence-electron chi connectivity index (χ3n) is 2.80. The zero-order chi connectivity index (χ0) is 11.4. The Morgan fingerprint density at radius 2 is 1.60 bits per heavy atom. The van der Waals surface area contributed by atoms with Gasteiger partial charge in [0.1, 0.15) is 0 Å². The summed E-state index contributed by atoms with van der Waals surface area (Å²) in [5, 5.41) is 0. The number of carbonyl (C=O) groups is 2. The van der Waals surface area contributed by atoms with Crippen LogP contribution < -0.4 is 0 Å². The Morgan fingerprint density at radius 1 is 1.13 bits per heavy atom. The quantitative estimate of drug-likeness (QED) is 0.625. The molecular weight excluding hydrogens is 194 g/mol. The molecule has 1 rings (SSSR count). The molecule has 1 aliphatic heterocycles. The average molecular weight is 213 g/mol. The van der Waals surface area contributed by atoms with Crippen molar-refractivity contribution in [3.05, 3.63) is 0 Å². The first-order chi connectivity index (χ1) is 7.06. The first kappa shape index (κ1) is 11.8. The molecule has 0 aromatic heterocycles. The zero-order valence-corrected chi connectivity index (χ0v) is 9.69. The molecule has 0 N–H and O–H groups in total. The van der Waals surface area contributed by atoms with Gasteiger partial charge in [-0.05, 0) is 6.92 Å². The van der Waals surface area contributed by atoms with E-state index in [1.54, 1.807) is 28.7 Å². The highest BCUT2D eigenvalue weighted by Crippen LogP contribution is 2.04. The molecule has 0 aromatic carbocycles. The second kappa shape index (κ2) is 5.00. The van der Waals surface area contributed by atoms with Crippen LogP contribution in [0.2, 0.25) is 0 Å². The number of nitrogens with zero attached hydrogens (tertiary/aromatic N) is 3. The lowest BCUT2D eigenvalue weighted by Gasteiger charge is -2.36. The first-order valence-corrected chi connectivity index (χ1v) is 5.31. The summed E-state index contributed by atoms with van der Waals surface area (Å²) >= 11 is 0. The van der Waals surface area contributed by atoms with Crippen molar-refractivity contribution in [2.75, 3.05) is 39.8 Å². The maximum absolute atomic E-state index is 11.8. The summed E-state index contributed by atoms with van der Waals surface area (Å²) in [7, 11) is 1.79. The molecule has 0 unspecified atom stereocenters. The highest BCUT2D eigenvalue weighted by atomic mass is 16.2. The predicted molar refractivity (Wildman–Crippen MR) is 57.5 cm³/mol. The highest BCUT2D eigenvalue weighted by Gasteiger charge is 2.23. The van der Waals surface area contributed by atoms with Gasteiger partial charge in [-0.2, -0.15) is 0 Å². The zero-order valence-electron chi connectivity index (χ0n) is 9.69. The summed E-state index contributed by atoms with van der Waals surface area (Å²) in [4.78, 5) is 28.1. The van der Waals surface area contributed by atoms with Crippen LogP contribution in [0.3, 0.4) is 0 Å². The molecule has 0 bridgehead atoms. The van der Waals surface area contributed by atoms with Crippen molar-refractivity contribution in [1.82, 2.24) is 14.7 Å². The van der Waals surface area contributed by atoms with E-state index in [1.165, 1.54) is 0 Å². The summed E-state index contributed by atoms with van der Waals surface area (Å²) in [6, 6.07) is 0.0562. The van der Waals surface area contributed by atoms with Gasteiger partial charge in [-0.1, -0.05) is 0 Å². The van der Waals surface area contributed by atoms with E-state index in [9.17, 15) is 9.59 Å². The number of urea groups is 1. The molecule has 3 amide bonds. The molecule has 5 nitrogen and oxygen atoms in total. The SMILES string of the molecule is CCN(C)C(=O)N1CCN(C(C)=O)CC1. The largest absolute Gasteiger partial charge is 0.339 e. The molecule has 0 saturated carbocycles. The van der Waals surface area contributed by atoms with Gasteiger partial charge in [0.15, 0.2) is 0 Å². The van der Waals surface area contributed by atoms with Gasteiger partial charge in [-0.3, -0.25) is 4.79 Å². The first-order valence-electron chi connectivity index (χ1n) is 5.31. The lowest BCUT2D eigenvalue weighted by atomic mass is 10.3. The fraction of sp³-hybridized carbons (Fsp3) is 0.800. The van der Waals surface area contributed by atoms with E-state index < -0.39 is 0 Å². The standard InChI is InChI=1S/C10H19N3O2/c1-4-11(3)10(15)13-7-5-12(6-8-13)9(2)14/h4-8H2,1-3H3. The summed E-state index contributed by atoms with van der Waals surface area (Å²) < 4.78 is 0. The van der Waals surface area contributed by atoms with Crippen LogP contribution in [0.5, 0.6) is 0 Å². The van der Waals surface area contributed by atoms with Gasteiger partial charge in [0.2, 0.25) is 5.91 Å². The van der Waals surface area contributed by atoms with Gasteiger partial charge in [0.05, 0.1) is 0 Å². The molecule has 0 aliphatic carbocycles. The van der Waals surface area contributed by atoms with E-state index in [0.29, 0.717) is 32.7 Å². The van der Waals surface area contributed by atoms with Crippen LogP contribution in [0.15, 0.2) is 0 Å². The molecule has 1 fully saturated rings. The van der Waals surface area contributed by atoms with Gasteiger partial charge < -0.3 is 14.7 Å². The monoisotopic (exact) mass is 213 g/mol. The van der Waals surface area contributed by atoms with Crippen molar-refractivity contribution in [2.24, 2.45) is 0 Å². The molecule has 86 valence electrons. The fourth-order valence-electron chi connectivity index (χ4n) is 1.59. The van der Waals surface area contributed by atoms with Crippen LogP contribution in [0.25, 0.3) is 0 Å². The van der Waals surface area contributed by atoms with Gasteiger partial charge >= 0.3 is 6.03 Å². The lowest BCUT2D eigenvalue weighted by Crippen LogP contribution is -2.53. The van der Waals surface area contributed by atoms with E-state index in [4.69, 9.17) is 0 Å². The number of hydrogen-bond donors (Lipinski definition) is 0.